The van der Waals surface area contributed by atoms with E-state index in [-0.39, 0.29) is 36.2 Å². The Kier molecular flexibility index (Phi) is 16.0. The summed E-state index contributed by atoms with van der Waals surface area (Å²) in [5, 5.41) is 10.8. The van der Waals surface area contributed by atoms with Gasteiger partial charge in [-0.25, -0.2) is 9.59 Å². The second kappa shape index (κ2) is 18.6. The van der Waals surface area contributed by atoms with Crippen molar-refractivity contribution in [2.75, 3.05) is 13.2 Å². The van der Waals surface area contributed by atoms with Crippen molar-refractivity contribution < 1.29 is 29.0 Å². The predicted octanol–water partition coefficient (Wildman–Crippen LogP) is 8.96. The zero-order valence-electron chi connectivity index (χ0n) is 25.4. The number of esters is 2. The summed E-state index contributed by atoms with van der Waals surface area (Å²) in [4.78, 5) is 36.9. The molecule has 0 unspecified atom stereocenters. The summed E-state index contributed by atoms with van der Waals surface area (Å²) < 4.78 is 12.6. The molecule has 0 saturated carbocycles. The molecule has 0 radical (unpaired) electrons. The maximum Gasteiger partial charge on any atom is 0.338 e. The predicted molar refractivity (Wildman–Crippen MR) is 174 cm³/mol. The maximum absolute atomic E-state index is 12.6. The smallest absolute Gasteiger partial charge is 0.338 e. The summed E-state index contributed by atoms with van der Waals surface area (Å²) >= 11 is 6.70. The molecule has 2 aromatic carbocycles. The highest BCUT2D eigenvalue weighted by Crippen LogP contribution is 2.25. The topological polar surface area (TPSA) is 89.9 Å². The van der Waals surface area contributed by atoms with Gasteiger partial charge in [0, 0.05) is 21.3 Å². The third-order valence-corrected chi connectivity index (χ3v) is 8.76. The molecule has 0 aliphatic carbocycles. The van der Waals surface area contributed by atoms with Gasteiger partial charge >= 0.3 is 11.9 Å². The minimum absolute atomic E-state index is 0.151. The molecule has 1 N–H and O–H groups in total. The van der Waals surface area contributed by atoms with E-state index in [2.05, 4.69) is 45.7 Å². The molecule has 2 rings (SSSR count). The summed E-state index contributed by atoms with van der Waals surface area (Å²) in [6.45, 7) is 8.59. The molecule has 0 amide bonds. The number of carbonyl (C=O) groups is 3. The summed E-state index contributed by atoms with van der Waals surface area (Å²) in [7, 11) is 0. The Morgan fingerprint density at radius 2 is 1.21 bits per heavy atom. The number of rotatable bonds is 19. The van der Waals surface area contributed by atoms with Gasteiger partial charge in [0.2, 0.25) is 0 Å². The van der Waals surface area contributed by atoms with Crippen LogP contribution in [-0.2, 0) is 14.3 Å². The highest BCUT2D eigenvalue weighted by Gasteiger charge is 2.21. The van der Waals surface area contributed by atoms with E-state index in [1.54, 1.807) is 36.4 Å². The molecular weight excluding hydrogens is 664 g/mol. The van der Waals surface area contributed by atoms with Crippen LogP contribution in [0.1, 0.15) is 106 Å². The SMILES string of the molecule is C[C@H](CCC[C@](C)(O)CCC[C@@H](C)COC(=O)c1ccc(Br)cc1)CCC(=O)[C@H](C)CCOC(=O)c1ccc(Br)cc1. The van der Waals surface area contributed by atoms with Crippen molar-refractivity contribution in [3.63, 3.8) is 0 Å². The van der Waals surface area contributed by atoms with Gasteiger partial charge in [-0.15, -0.1) is 0 Å². The number of ether oxygens (including phenoxy) is 2. The fourth-order valence-corrected chi connectivity index (χ4v) is 5.23. The standard InChI is InChI=1S/C34H46Br2O6/c1-24(9-18-31(37)26(3)19-22-41-32(38)27-10-14-29(35)15-11-27)7-5-20-34(4,40)21-6-8-25(2)23-42-33(39)28-12-16-30(36)17-13-28/h10-17,24-26,40H,5-9,18-23H2,1-4H3/t24-,25-,26-,34+/m1/s1. The molecule has 42 heavy (non-hydrogen) atoms. The fraction of sp³-hybridized carbons (Fsp3) is 0.559. The Morgan fingerprint density at radius 3 is 1.74 bits per heavy atom. The molecule has 232 valence electrons. The third-order valence-electron chi connectivity index (χ3n) is 7.70. The summed E-state index contributed by atoms with van der Waals surface area (Å²) in [6, 6.07) is 14.1. The van der Waals surface area contributed by atoms with Crippen molar-refractivity contribution in [3.05, 3.63) is 68.6 Å². The Balaban J connectivity index is 1.54. The van der Waals surface area contributed by atoms with E-state index in [4.69, 9.17) is 9.47 Å². The molecule has 8 heteroatoms. The van der Waals surface area contributed by atoms with Crippen molar-refractivity contribution in [1.82, 2.24) is 0 Å². The number of aliphatic hydroxyl groups is 1. The van der Waals surface area contributed by atoms with Crippen LogP contribution in [0.25, 0.3) is 0 Å². The number of hydrogen-bond acceptors (Lipinski definition) is 6. The quantitative estimate of drug-likeness (QED) is 0.147. The van der Waals surface area contributed by atoms with Crippen LogP contribution in [-0.4, -0.2) is 41.6 Å². The lowest BCUT2D eigenvalue weighted by Gasteiger charge is -2.25. The molecule has 0 aromatic heterocycles. The van der Waals surface area contributed by atoms with E-state index >= 15 is 0 Å². The van der Waals surface area contributed by atoms with Crippen LogP contribution in [0, 0.1) is 17.8 Å². The molecule has 0 heterocycles. The van der Waals surface area contributed by atoms with Crippen molar-refractivity contribution in [2.24, 2.45) is 17.8 Å². The molecule has 2 aromatic rings. The molecular formula is C34H46Br2O6. The van der Waals surface area contributed by atoms with Crippen LogP contribution in [0.3, 0.4) is 0 Å². The first kappa shape index (κ1) is 36.2. The molecule has 0 fully saturated rings. The van der Waals surface area contributed by atoms with E-state index in [0.717, 1.165) is 47.5 Å². The highest BCUT2D eigenvalue weighted by atomic mass is 79.9. The van der Waals surface area contributed by atoms with Crippen LogP contribution in [0.4, 0.5) is 0 Å². The first-order valence-electron chi connectivity index (χ1n) is 15.0. The largest absolute Gasteiger partial charge is 0.462 e. The van der Waals surface area contributed by atoms with Gasteiger partial charge in [-0.05, 0) is 99.4 Å². The first-order valence-corrected chi connectivity index (χ1v) is 16.6. The lowest BCUT2D eigenvalue weighted by atomic mass is 9.88. The number of benzene rings is 2. The minimum Gasteiger partial charge on any atom is -0.462 e. The number of hydrogen-bond donors (Lipinski definition) is 1. The van der Waals surface area contributed by atoms with Gasteiger partial charge < -0.3 is 14.6 Å². The van der Waals surface area contributed by atoms with Crippen molar-refractivity contribution >= 4 is 49.6 Å². The zero-order valence-corrected chi connectivity index (χ0v) is 28.5. The van der Waals surface area contributed by atoms with E-state index in [1.165, 1.54) is 0 Å². The first-order chi connectivity index (χ1) is 19.9. The van der Waals surface area contributed by atoms with Gasteiger partial charge in [-0.2, -0.15) is 0 Å². The van der Waals surface area contributed by atoms with Crippen LogP contribution < -0.4 is 0 Å². The van der Waals surface area contributed by atoms with Crippen molar-refractivity contribution in [2.45, 2.75) is 91.1 Å². The second-order valence-electron chi connectivity index (χ2n) is 11.9. The number of Topliss-reactive ketones (excluding diaryl/α,β-unsaturated/α-hetero) is 1. The lowest BCUT2D eigenvalue weighted by molar-refractivity contribution is -0.123. The van der Waals surface area contributed by atoms with Gasteiger partial charge in [0.15, 0.2) is 0 Å². The lowest BCUT2D eigenvalue weighted by Crippen LogP contribution is -2.24. The molecule has 0 aliphatic rings. The van der Waals surface area contributed by atoms with Crippen LogP contribution >= 0.6 is 31.9 Å². The van der Waals surface area contributed by atoms with Gasteiger partial charge in [-0.3, -0.25) is 4.79 Å². The summed E-state index contributed by atoms with van der Waals surface area (Å²) in [6.07, 6.45) is 6.89. The Bertz CT molecular complexity index is 1110. The zero-order chi connectivity index (χ0) is 31.1. The van der Waals surface area contributed by atoms with E-state index in [1.807, 2.05) is 26.0 Å². The Morgan fingerprint density at radius 1 is 0.738 bits per heavy atom. The molecule has 4 atom stereocenters. The van der Waals surface area contributed by atoms with E-state index < -0.39 is 5.60 Å². The fourth-order valence-electron chi connectivity index (χ4n) is 4.70. The average Bonchev–Trinajstić information content (AvgIpc) is 2.95. The van der Waals surface area contributed by atoms with Crippen LogP contribution in [0.15, 0.2) is 57.5 Å². The van der Waals surface area contributed by atoms with Crippen LogP contribution in [0.5, 0.6) is 0 Å². The van der Waals surface area contributed by atoms with Crippen LogP contribution in [0.2, 0.25) is 0 Å². The summed E-state index contributed by atoms with van der Waals surface area (Å²) in [5.74, 6) is -0.0252. The molecule has 0 aliphatic heterocycles. The third kappa shape index (κ3) is 14.4. The van der Waals surface area contributed by atoms with Gasteiger partial charge in [0.1, 0.15) is 5.78 Å². The second-order valence-corrected chi connectivity index (χ2v) is 13.8. The Labute approximate surface area is 268 Å². The van der Waals surface area contributed by atoms with E-state index in [9.17, 15) is 19.5 Å². The molecule has 0 spiro atoms. The monoisotopic (exact) mass is 708 g/mol. The average molecular weight is 711 g/mol. The molecule has 0 bridgehead atoms. The van der Waals surface area contributed by atoms with Gasteiger partial charge in [0.05, 0.1) is 29.9 Å². The molecule has 0 saturated heterocycles. The number of carbonyl (C=O) groups excluding carboxylic acids is 3. The number of ketones is 1. The minimum atomic E-state index is -0.731. The van der Waals surface area contributed by atoms with Gasteiger partial charge in [0.25, 0.3) is 0 Å². The summed E-state index contributed by atoms with van der Waals surface area (Å²) in [5.41, 5.74) is 0.304. The van der Waals surface area contributed by atoms with Gasteiger partial charge in [-0.1, -0.05) is 71.9 Å². The Hall–Kier alpha value is -2.03. The normalized spacial score (nSPS) is 14.8. The van der Waals surface area contributed by atoms with Crippen molar-refractivity contribution in [3.8, 4) is 0 Å². The molecule has 6 nitrogen and oxygen atoms in total. The van der Waals surface area contributed by atoms with E-state index in [0.29, 0.717) is 42.9 Å². The van der Waals surface area contributed by atoms with Crippen molar-refractivity contribution in [1.29, 1.82) is 0 Å². The highest BCUT2D eigenvalue weighted by molar-refractivity contribution is 9.10. The number of halogens is 2. The maximum atomic E-state index is 12.6.